The Labute approximate surface area is 124 Å². The van der Waals surface area contributed by atoms with E-state index in [0.29, 0.717) is 5.56 Å². The summed E-state index contributed by atoms with van der Waals surface area (Å²) in [6.07, 6.45) is 0.833. The molecule has 0 radical (unpaired) electrons. The van der Waals surface area contributed by atoms with Gasteiger partial charge in [-0.1, -0.05) is 38.1 Å². The van der Waals surface area contributed by atoms with Crippen LogP contribution in [-0.2, 0) is 19.3 Å². The fraction of sp³-hybridized carbons (Fsp3) is 0.333. The summed E-state index contributed by atoms with van der Waals surface area (Å²) in [5.41, 5.74) is 3.04. The number of aryl methyl sites for hydroxylation is 2. The van der Waals surface area contributed by atoms with Gasteiger partial charge >= 0.3 is 0 Å². The summed E-state index contributed by atoms with van der Waals surface area (Å²) in [5, 5.41) is 10.3. The molecule has 0 amide bonds. The lowest BCUT2D eigenvalue weighted by atomic mass is 9.95. The van der Waals surface area contributed by atoms with E-state index in [0.717, 1.165) is 12.8 Å². The summed E-state index contributed by atoms with van der Waals surface area (Å²) in [5.74, 6) is -1.23. The van der Waals surface area contributed by atoms with Gasteiger partial charge in [0.25, 0.3) is 0 Å². The van der Waals surface area contributed by atoms with Crippen molar-refractivity contribution in [3.05, 3.63) is 70.3 Å². The Hall–Kier alpha value is -1.74. The third-order valence-electron chi connectivity index (χ3n) is 3.84. The monoisotopic (exact) mass is 290 g/mol. The van der Waals surface area contributed by atoms with Gasteiger partial charge in [-0.05, 0) is 41.7 Å². The van der Waals surface area contributed by atoms with Crippen LogP contribution in [0, 0.1) is 11.6 Å². The molecule has 1 N–H and O–H groups in total. The van der Waals surface area contributed by atoms with Gasteiger partial charge in [0.05, 0.1) is 6.10 Å². The number of aliphatic hydroxyl groups is 1. The van der Waals surface area contributed by atoms with Crippen molar-refractivity contribution in [2.24, 2.45) is 0 Å². The molecule has 0 aromatic heterocycles. The van der Waals surface area contributed by atoms with Crippen molar-refractivity contribution in [3.63, 3.8) is 0 Å². The Bertz CT molecular complexity index is 602. The van der Waals surface area contributed by atoms with Crippen molar-refractivity contribution in [3.8, 4) is 0 Å². The number of hydrogen-bond donors (Lipinski definition) is 1. The molecule has 0 aliphatic rings. The van der Waals surface area contributed by atoms with Crippen LogP contribution in [0.2, 0.25) is 0 Å². The van der Waals surface area contributed by atoms with Crippen LogP contribution in [0.3, 0.4) is 0 Å². The topological polar surface area (TPSA) is 20.2 Å². The lowest BCUT2D eigenvalue weighted by molar-refractivity contribution is 0.175. The summed E-state index contributed by atoms with van der Waals surface area (Å²) >= 11 is 0. The Balaban J connectivity index is 2.26. The molecule has 0 heterocycles. The van der Waals surface area contributed by atoms with Gasteiger partial charge in [0, 0.05) is 12.0 Å². The molecule has 21 heavy (non-hydrogen) atoms. The van der Waals surface area contributed by atoms with E-state index in [2.05, 4.69) is 13.8 Å². The predicted molar refractivity (Wildman–Crippen MR) is 80.2 cm³/mol. The van der Waals surface area contributed by atoms with Gasteiger partial charge in [-0.3, -0.25) is 0 Å². The summed E-state index contributed by atoms with van der Waals surface area (Å²) in [4.78, 5) is 0. The second kappa shape index (κ2) is 6.81. The van der Waals surface area contributed by atoms with Gasteiger partial charge < -0.3 is 5.11 Å². The first-order valence-electron chi connectivity index (χ1n) is 7.29. The number of halogens is 2. The van der Waals surface area contributed by atoms with Crippen molar-refractivity contribution in [1.29, 1.82) is 0 Å². The van der Waals surface area contributed by atoms with Crippen LogP contribution in [0.15, 0.2) is 36.4 Å². The Kier molecular flexibility index (Phi) is 5.07. The SMILES string of the molecule is CCc1ccc(C(O)Cc2c(F)cccc2F)cc1CC. The maximum Gasteiger partial charge on any atom is 0.129 e. The maximum atomic E-state index is 13.6. The number of rotatable bonds is 5. The van der Waals surface area contributed by atoms with E-state index < -0.39 is 17.7 Å². The minimum Gasteiger partial charge on any atom is -0.388 e. The molecule has 0 saturated carbocycles. The minimum absolute atomic E-state index is 0.0624. The molecular weight excluding hydrogens is 270 g/mol. The second-order valence-corrected chi connectivity index (χ2v) is 5.16. The molecule has 2 aromatic carbocycles. The summed E-state index contributed by atoms with van der Waals surface area (Å²) < 4.78 is 27.3. The molecule has 1 nitrogen and oxygen atoms in total. The second-order valence-electron chi connectivity index (χ2n) is 5.16. The van der Waals surface area contributed by atoms with Crippen LogP contribution in [-0.4, -0.2) is 5.11 Å². The average Bonchev–Trinajstić information content (AvgIpc) is 2.50. The molecule has 112 valence electrons. The third-order valence-corrected chi connectivity index (χ3v) is 3.84. The van der Waals surface area contributed by atoms with E-state index in [4.69, 9.17) is 0 Å². The fourth-order valence-corrected chi connectivity index (χ4v) is 2.57. The van der Waals surface area contributed by atoms with Crippen molar-refractivity contribution in [2.75, 3.05) is 0 Å². The summed E-state index contributed by atoms with van der Waals surface area (Å²) in [6, 6.07) is 9.50. The zero-order valence-electron chi connectivity index (χ0n) is 12.4. The highest BCUT2D eigenvalue weighted by molar-refractivity contribution is 5.34. The zero-order valence-corrected chi connectivity index (χ0v) is 12.4. The molecule has 0 fully saturated rings. The van der Waals surface area contributed by atoms with Gasteiger partial charge in [0.1, 0.15) is 11.6 Å². The first-order valence-corrected chi connectivity index (χ1v) is 7.29. The first kappa shape index (κ1) is 15.6. The van der Waals surface area contributed by atoms with Crippen molar-refractivity contribution in [1.82, 2.24) is 0 Å². The molecule has 0 aliphatic carbocycles. The largest absolute Gasteiger partial charge is 0.388 e. The van der Waals surface area contributed by atoms with E-state index >= 15 is 0 Å². The highest BCUT2D eigenvalue weighted by atomic mass is 19.1. The molecule has 2 rings (SSSR count). The molecule has 3 heteroatoms. The van der Waals surface area contributed by atoms with E-state index in [-0.39, 0.29) is 12.0 Å². The number of hydrogen-bond acceptors (Lipinski definition) is 1. The normalized spacial score (nSPS) is 12.4. The molecule has 0 saturated heterocycles. The average molecular weight is 290 g/mol. The van der Waals surface area contributed by atoms with E-state index in [9.17, 15) is 13.9 Å². The number of benzene rings is 2. The maximum absolute atomic E-state index is 13.6. The Morgan fingerprint density at radius 3 is 2.14 bits per heavy atom. The standard InChI is InChI=1S/C18H20F2O/c1-3-12-8-9-14(10-13(12)4-2)18(21)11-15-16(19)6-5-7-17(15)20/h5-10,18,21H,3-4,11H2,1-2H3. The van der Waals surface area contributed by atoms with Gasteiger partial charge in [-0.2, -0.15) is 0 Å². The molecule has 2 aromatic rings. The molecule has 0 bridgehead atoms. The lowest BCUT2D eigenvalue weighted by Gasteiger charge is -2.15. The van der Waals surface area contributed by atoms with Crippen molar-refractivity contribution >= 4 is 0 Å². The highest BCUT2D eigenvalue weighted by Crippen LogP contribution is 2.24. The third kappa shape index (κ3) is 3.48. The number of aliphatic hydroxyl groups excluding tert-OH is 1. The quantitative estimate of drug-likeness (QED) is 0.867. The van der Waals surface area contributed by atoms with Crippen LogP contribution < -0.4 is 0 Å². The molecular formula is C18H20F2O. The summed E-state index contributed by atoms with van der Waals surface area (Å²) in [7, 11) is 0. The summed E-state index contributed by atoms with van der Waals surface area (Å²) in [6.45, 7) is 4.14. The zero-order chi connectivity index (χ0) is 15.4. The Morgan fingerprint density at radius 2 is 1.57 bits per heavy atom. The van der Waals surface area contributed by atoms with Crippen LogP contribution in [0.4, 0.5) is 8.78 Å². The minimum atomic E-state index is -0.910. The first-order chi connectivity index (χ1) is 10.1. The van der Waals surface area contributed by atoms with E-state index in [1.807, 2.05) is 18.2 Å². The van der Waals surface area contributed by atoms with Crippen molar-refractivity contribution < 1.29 is 13.9 Å². The molecule has 0 aliphatic heterocycles. The smallest absolute Gasteiger partial charge is 0.129 e. The Morgan fingerprint density at radius 1 is 0.952 bits per heavy atom. The van der Waals surface area contributed by atoms with Crippen molar-refractivity contribution in [2.45, 2.75) is 39.2 Å². The molecule has 1 unspecified atom stereocenters. The predicted octanol–water partition coefficient (Wildman–Crippen LogP) is 4.37. The highest BCUT2D eigenvalue weighted by Gasteiger charge is 2.16. The van der Waals surface area contributed by atoms with Crippen LogP contribution in [0.25, 0.3) is 0 Å². The van der Waals surface area contributed by atoms with Gasteiger partial charge in [-0.25, -0.2) is 8.78 Å². The molecule has 1 atom stereocenters. The van der Waals surface area contributed by atoms with Crippen LogP contribution in [0.1, 0.15) is 42.2 Å². The van der Waals surface area contributed by atoms with Gasteiger partial charge in [0.15, 0.2) is 0 Å². The van der Waals surface area contributed by atoms with Crippen LogP contribution in [0.5, 0.6) is 0 Å². The fourth-order valence-electron chi connectivity index (χ4n) is 2.57. The van der Waals surface area contributed by atoms with Crippen LogP contribution >= 0.6 is 0 Å². The van der Waals surface area contributed by atoms with Gasteiger partial charge in [0.2, 0.25) is 0 Å². The van der Waals surface area contributed by atoms with E-state index in [1.165, 1.54) is 29.3 Å². The lowest BCUT2D eigenvalue weighted by Crippen LogP contribution is -2.07. The molecule has 0 spiro atoms. The van der Waals surface area contributed by atoms with Gasteiger partial charge in [-0.15, -0.1) is 0 Å². The van der Waals surface area contributed by atoms with E-state index in [1.54, 1.807) is 0 Å².